The lowest BCUT2D eigenvalue weighted by Crippen LogP contribution is -2.24. The number of benzene rings is 2. The molecule has 1 atom stereocenters. The van der Waals surface area contributed by atoms with E-state index >= 15 is 0 Å². The molecule has 0 spiro atoms. The Morgan fingerprint density at radius 3 is 2.34 bits per heavy atom. The van der Waals surface area contributed by atoms with Crippen LogP contribution in [0.15, 0.2) is 53.7 Å². The number of nitrogens with two attached hydrogens (primary N) is 1. The molecule has 3 rings (SSSR count). The van der Waals surface area contributed by atoms with Gasteiger partial charge in [0.05, 0.1) is 10.9 Å². The standard InChI is InChI=1S/C19H17F4N5O3S/c1-10(16(29)25-13-4-2-3-5-14(13)31-18(22)23)32-19-27-26-15(28(19)24)11-6-8-12(9-7-11)30-17(20)21/h2-10,17-18H,24H2,1H3,(H,25,29). The van der Waals surface area contributed by atoms with Crippen molar-refractivity contribution in [3.05, 3.63) is 48.5 Å². The lowest BCUT2D eigenvalue weighted by Gasteiger charge is -2.14. The summed E-state index contributed by atoms with van der Waals surface area (Å²) in [6.45, 7) is -4.41. The van der Waals surface area contributed by atoms with Crippen LogP contribution in [0.4, 0.5) is 23.2 Å². The number of para-hydroxylation sites is 2. The molecule has 13 heteroatoms. The van der Waals surface area contributed by atoms with E-state index in [4.69, 9.17) is 5.84 Å². The number of ether oxygens (including phenoxy) is 2. The Balaban J connectivity index is 1.68. The van der Waals surface area contributed by atoms with Crippen molar-refractivity contribution in [3.8, 4) is 22.9 Å². The van der Waals surface area contributed by atoms with E-state index in [1.165, 1.54) is 42.5 Å². The van der Waals surface area contributed by atoms with Gasteiger partial charge >= 0.3 is 13.2 Å². The third kappa shape index (κ3) is 5.81. The minimum atomic E-state index is -3.04. The molecule has 8 nitrogen and oxygen atoms in total. The van der Waals surface area contributed by atoms with Crippen LogP contribution in [0, 0.1) is 0 Å². The molecule has 0 aliphatic rings. The fourth-order valence-corrected chi connectivity index (χ4v) is 3.32. The van der Waals surface area contributed by atoms with E-state index in [2.05, 4.69) is 25.0 Å². The van der Waals surface area contributed by atoms with Gasteiger partial charge in [0.15, 0.2) is 5.82 Å². The Kier molecular flexibility index (Phi) is 7.41. The first-order chi connectivity index (χ1) is 15.2. The molecule has 0 saturated heterocycles. The van der Waals surface area contributed by atoms with E-state index in [1.54, 1.807) is 13.0 Å². The zero-order chi connectivity index (χ0) is 23.3. The molecule has 0 fully saturated rings. The van der Waals surface area contributed by atoms with Crippen molar-refractivity contribution in [2.24, 2.45) is 0 Å². The van der Waals surface area contributed by atoms with Crippen LogP contribution in [0.25, 0.3) is 11.4 Å². The average Bonchev–Trinajstić information content (AvgIpc) is 3.09. The number of nitrogens with zero attached hydrogens (tertiary/aromatic N) is 3. The van der Waals surface area contributed by atoms with Crippen molar-refractivity contribution in [2.45, 2.75) is 30.6 Å². The number of halogens is 4. The summed E-state index contributed by atoms with van der Waals surface area (Å²) in [4.78, 5) is 12.5. The van der Waals surface area contributed by atoms with E-state index < -0.39 is 24.4 Å². The number of anilines is 1. The van der Waals surface area contributed by atoms with Crippen LogP contribution in [0.2, 0.25) is 0 Å². The Bertz CT molecular complexity index is 1070. The van der Waals surface area contributed by atoms with Crippen LogP contribution >= 0.6 is 11.8 Å². The number of nitrogen functional groups attached to an aromatic ring is 1. The fraction of sp³-hybridized carbons (Fsp3) is 0.211. The summed E-state index contributed by atoms with van der Waals surface area (Å²) in [6, 6.07) is 11.4. The Hall–Kier alpha value is -3.48. The predicted molar refractivity (Wildman–Crippen MR) is 109 cm³/mol. The molecule has 170 valence electrons. The summed E-state index contributed by atoms with van der Waals surface area (Å²) in [7, 11) is 0. The smallest absolute Gasteiger partial charge is 0.387 e. The first kappa shape index (κ1) is 23.2. The quantitative estimate of drug-likeness (QED) is 0.276. The highest BCUT2D eigenvalue weighted by Gasteiger charge is 2.21. The number of alkyl halides is 4. The van der Waals surface area contributed by atoms with Gasteiger partial charge in [0.2, 0.25) is 11.1 Å². The maximum atomic E-state index is 12.5. The van der Waals surface area contributed by atoms with Crippen LogP contribution in [-0.4, -0.2) is 39.3 Å². The molecule has 0 aliphatic carbocycles. The van der Waals surface area contributed by atoms with Crippen molar-refractivity contribution in [1.29, 1.82) is 0 Å². The fourth-order valence-electron chi connectivity index (χ4n) is 2.55. The number of amides is 1. The van der Waals surface area contributed by atoms with E-state index in [0.717, 1.165) is 16.4 Å². The van der Waals surface area contributed by atoms with Gasteiger partial charge in [0.25, 0.3) is 0 Å². The van der Waals surface area contributed by atoms with Crippen LogP contribution in [-0.2, 0) is 4.79 Å². The van der Waals surface area contributed by atoms with Gasteiger partial charge < -0.3 is 20.6 Å². The molecule has 1 unspecified atom stereocenters. The van der Waals surface area contributed by atoms with E-state index in [-0.39, 0.29) is 28.2 Å². The average molecular weight is 471 g/mol. The molecule has 1 amide bonds. The molecular weight excluding hydrogens is 454 g/mol. The number of nitrogens with one attached hydrogen (secondary N) is 1. The number of thioether (sulfide) groups is 1. The summed E-state index contributed by atoms with van der Waals surface area (Å²) in [6.07, 6.45) is 0. The number of hydrogen-bond acceptors (Lipinski definition) is 7. The highest BCUT2D eigenvalue weighted by atomic mass is 32.2. The number of hydrogen-bond donors (Lipinski definition) is 2. The maximum absolute atomic E-state index is 12.5. The third-order valence-electron chi connectivity index (χ3n) is 4.01. The lowest BCUT2D eigenvalue weighted by atomic mass is 10.2. The molecule has 2 aromatic carbocycles. The highest BCUT2D eigenvalue weighted by Crippen LogP contribution is 2.29. The second-order valence-corrected chi connectivity index (χ2v) is 7.51. The number of aromatic nitrogens is 3. The molecule has 0 saturated carbocycles. The Morgan fingerprint density at radius 1 is 1.03 bits per heavy atom. The molecule has 1 heterocycles. The molecule has 0 aliphatic heterocycles. The van der Waals surface area contributed by atoms with Crippen molar-refractivity contribution in [3.63, 3.8) is 0 Å². The summed E-state index contributed by atoms with van der Waals surface area (Å²) in [5, 5.41) is 9.91. The molecule has 3 N–H and O–H groups in total. The van der Waals surface area contributed by atoms with Crippen LogP contribution < -0.4 is 20.6 Å². The number of carbonyl (C=O) groups is 1. The molecule has 0 radical (unpaired) electrons. The topological polar surface area (TPSA) is 104 Å². The number of rotatable bonds is 9. The molecule has 32 heavy (non-hydrogen) atoms. The molecule has 1 aromatic heterocycles. The van der Waals surface area contributed by atoms with Gasteiger partial charge in [-0.25, -0.2) is 4.68 Å². The van der Waals surface area contributed by atoms with Crippen molar-refractivity contribution >= 4 is 23.4 Å². The lowest BCUT2D eigenvalue weighted by molar-refractivity contribution is -0.115. The summed E-state index contributed by atoms with van der Waals surface area (Å²) in [5.41, 5.74) is 0.579. The van der Waals surface area contributed by atoms with E-state index in [1.807, 2.05) is 0 Å². The minimum absolute atomic E-state index is 0.0252. The zero-order valence-electron chi connectivity index (χ0n) is 16.4. The largest absolute Gasteiger partial charge is 0.435 e. The van der Waals surface area contributed by atoms with E-state index in [0.29, 0.717) is 5.56 Å². The second kappa shape index (κ2) is 10.2. The molecule has 3 aromatic rings. The summed E-state index contributed by atoms with van der Waals surface area (Å²) in [5.74, 6) is 5.56. The van der Waals surface area contributed by atoms with Gasteiger partial charge in [-0.1, -0.05) is 23.9 Å². The van der Waals surface area contributed by atoms with Gasteiger partial charge in [-0.15, -0.1) is 10.2 Å². The highest BCUT2D eigenvalue weighted by molar-refractivity contribution is 8.00. The van der Waals surface area contributed by atoms with Gasteiger partial charge in [-0.3, -0.25) is 4.79 Å². The minimum Gasteiger partial charge on any atom is -0.435 e. The molecular formula is C19H17F4N5O3S. The van der Waals surface area contributed by atoms with Crippen molar-refractivity contribution in [2.75, 3.05) is 11.2 Å². The predicted octanol–water partition coefficient (Wildman–Crippen LogP) is 3.98. The monoisotopic (exact) mass is 471 g/mol. The van der Waals surface area contributed by atoms with Crippen molar-refractivity contribution < 1.29 is 31.8 Å². The van der Waals surface area contributed by atoms with Crippen LogP contribution in [0.5, 0.6) is 11.5 Å². The van der Waals surface area contributed by atoms with Gasteiger partial charge in [0.1, 0.15) is 11.5 Å². The summed E-state index contributed by atoms with van der Waals surface area (Å²) < 4.78 is 59.4. The third-order valence-corrected chi connectivity index (χ3v) is 5.07. The summed E-state index contributed by atoms with van der Waals surface area (Å²) >= 11 is 0.984. The molecule has 0 bridgehead atoms. The van der Waals surface area contributed by atoms with Gasteiger partial charge in [-0.05, 0) is 43.3 Å². The van der Waals surface area contributed by atoms with Gasteiger partial charge in [-0.2, -0.15) is 17.6 Å². The number of carbonyl (C=O) groups excluding carboxylic acids is 1. The van der Waals surface area contributed by atoms with E-state index in [9.17, 15) is 22.4 Å². The van der Waals surface area contributed by atoms with Gasteiger partial charge in [0, 0.05) is 5.56 Å². The van der Waals surface area contributed by atoms with Crippen molar-refractivity contribution in [1.82, 2.24) is 14.9 Å². The van der Waals surface area contributed by atoms with Crippen LogP contribution in [0.1, 0.15) is 6.92 Å². The normalized spacial score (nSPS) is 12.1. The first-order valence-corrected chi connectivity index (χ1v) is 9.89. The SMILES string of the molecule is CC(Sc1nnc(-c2ccc(OC(F)F)cc2)n1N)C(=O)Nc1ccccc1OC(F)F. The Labute approximate surface area is 183 Å². The Morgan fingerprint density at radius 2 is 1.69 bits per heavy atom. The maximum Gasteiger partial charge on any atom is 0.387 e. The second-order valence-electron chi connectivity index (χ2n) is 6.20. The zero-order valence-corrected chi connectivity index (χ0v) is 17.2. The first-order valence-electron chi connectivity index (χ1n) is 9.01. The van der Waals surface area contributed by atoms with Crippen LogP contribution in [0.3, 0.4) is 0 Å².